The van der Waals surface area contributed by atoms with Gasteiger partial charge in [-0.15, -0.1) is 12.4 Å². The molecule has 2 bridgehead atoms. The van der Waals surface area contributed by atoms with Crippen LogP contribution in [0.2, 0.25) is 0 Å². The largest absolute Gasteiger partial charge is 0.341 e. The Hall–Kier alpha value is -1.06. The van der Waals surface area contributed by atoms with E-state index < -0.39 is 0 Å². The number of nitrogens with zero attached hydrogens (tertiary/aromatic N) is 1. The van der Waals surface area contributed by atoms with E-state index in [1.165, 1.54) is 24.8 Å². The summed E-state index contributed by atoms with van der Waals surface area (Å²) in [5.41, 5.74) is 1.19. The highest BCUT2D eigenvalue weighted by molar-refractivity contribution is 5.85. The quantitative estimate of drug-likeness (QED) is 0.905. The molecular formula is C20H29ClN2O. The molecule has 4 unspecified atom stereocenters. The maximum atomic E-state index is 13.5. The van der Waals surface area contributed by atoms with Gasteiger partial charge in [0.05, 0.1) is 5.41 Å². The zero-order chi connectivity index (χ0) is 15.9. The van der Waals surface area contributed by atoms with Gasteiger partial charge in [-0.2, -0.15) is 0 Å². The van der Waals surface area contributed by atoms with Crippen molar-refractivity contribution in [1.82, 2.24) is 10.2 Å². The lowest BCUT2D eigenvalue weighted by Crippen LogP contribution is -2.50. The molecule has 1 aromatic carbocycles. The zero-order valence-electron chi connectivity index (χ0n) is 14.5. The third-order valence-corrected chi connectivity index (χ3v) is 6.67. The molecule has 4 atom stereocenters. The van der Waals surface area contributed by atoms with Crippen LogP contribution in [-0.4, -0.2) is 37.0 Å². The molecule has 4 heteroatoms. The second kappa shape index (κ2) is 7.05. The maximum absolute atomic E-state index is 13.5. The van der Waals surface area contributed by atoms with Crippen LogP contribution in [0.25, 0.3) is 0 Å². The van der Waals surface area contributed by atoms with Gasteiger partial charge in [0, 0.05) is 19.6 Å². The Morgan fingerprint density at radius 2 is 2.04 bits per heavy atom. The van der Waals surface area contributed by atoms with Crippen LogP contribution in [-0.2, 0) is 11.2 Å². The van der Waals surface area contributed by atoms with Crippen molar-refractivity contribution in [2.24, 2.45) is 17.3 Å². The van der Waals surface area contributed by atoms with E-state index >= 15 is 0 Å². The first-order valence-corrected chi connectivity index (χ1v) is 9.21. The Morgan fingerprint density at radius 3 is 2.62 bits per heavy atom. The predicted octanol–water partition coefficient (Wildman–Crippen LogP) is 3.28. The van der Waals surface area contributed by atoms with E-state index in [1.807, 2.05) is 7.05 Å². The highest BCUT2D eigenvalue weighted by Gasteiger charge is 2.56. The van der Waals surface area contributed by atoms with Gasteiger partial charge >= 0.3 is 0 Å². The van der Waals surface area contributed by atoms with Crippen LogP contribution in [0.5, 0.6) is 0 Å². The number of hydrogen-bond acceptors (Lipinski definition) is 2. The molecule has 1 saturated heterocycles. The summed E-state index contributed by atoms with van der Waals surface area (Å²) in [6.07, 6.45) is 6.99. The molecule has 0 spiro atoms. The average molecular weight is 349 g/mol. The summed E-state index contributed by atoms with van der Waals surface area (Å²) in [7, 11) is 2.04. The third-order valence-electron chi connectivity index (χ3n) is 6.67. The van der Waals surface area contributed by atoms with Crippen molar-refractivity contribution in [2.45, 2.75) is 44.6 Å². The molecule has 0 aromatic heterocycles. The Kier molecular flexibility index (Phi) is 5.22. The van der Waals surface area contributed by atoms with Gasteiger partial charge in [-0.05, 0) is 56.0 Å². The molecule has 4 rings (SSSR count). The summed E-state index contributed by atoms with van der Waals surface area (Å²) in [5, 5.41) is 3.40. The number of nitrogens with one attached hydrogen (secondary N) is 1. The highest BCUT2D eigenvalue weighted by atomic mass is 35.5. The van der Waals surface area contributed by atoms with Crippen LogP contribution in [0.15, 0.2) is 30.3 Å². The van der Waals surface area contributed by atoms with Crippen molar-refractivity contribution < 1.29 is 4.79 Å². The number of benzene rings is 1. The summed E-state index contributed by atoms with van der Waals surface area (Å²) in [5.74, 6) is 1.79. The highest BCUT2D eigenvalue weighted by Crippen LogP contribution is 2.58. The second-order valence-electron chi connectivity index (χ2n) is 7.96. The monoisotopic (exact) mass is 348 g/mol. The van der Waals surface area contributed by atoms with Gasteiger partial charge < -0.3 is 10.2 Å². The Balaban J connectivity index is 0.00000169. The molecule has 3 nitrogen and oxygen atoms in total. The Bertz CT molecular complexity index is 572. The summed E-state index contributed by atoms with van der Waals surface area (Å²) in [6.45, 7) is 2.00. The molecule has 3 aliphatic rings. The van der Waals surface area contributed by atoms with Gasteiger partial charge in [0.2, 0.25) is 5.91 Å². The molecule has 2 aliphatic carbocycles. The topological polar surface area (TPSA) is 32.3 Å². The minimum absolute atomic E-state index is 0. The average Bonchev–Trinajstić information content (AvgIpc) is 3.31. The first-order chi connectivity index (χ1) is 11.2. The maximum Gasteiger partial charge on any atom is 0.229 e. The lowest BCUT2D eigenvalue weighted by molar-refractivity contribution is -0.146. The van der Waals surface area contributed by atoms with Crippen molar-refractivity contribution in [1.29, 1.82) is 0 Å². The lowest BCUT2D eigenvalue weighted by Gasteiger charge is -2.41. The van der Waals surface area contributed by atoms with Gasteiger partial charge in [-0.3, -0.25) is 4.79 Å². The molecule has 1 amide bonds. The van der Waals surface area contributed by atoms with Gasteiger partial charge in [-0.25, -0.2) is 0 Å². The molecule has 24 heavy (non-hydrogen) atoms. The smallest absolute Gasteiger partial charge is 0.229 e. The Labute approximate surface area is 151 Å². The fourth-order valence-electron chi connectivity index (χ4n) is 5.45. The lowest BCUT2D eigenvalue weighted by atomic mass is 9.68. The number of likely N-dealkylation sites (N-methyl/N-ethyl adjacent to an activating group) is 1. The number of hydrogen-bond donors (Lipinski definition) is 1. The van der Waals surface area contributed by atoms with Crippen molar-refractivity contribution in [2.75, 3.05) is 20.1 Å². The number of rotatable bonds is 4. The van der Waals surface area contributed by atoms with E-state index in [9.17, 15) is 4.79 Å². The summed E-state index contributed by atoms with van der Waals surface area (Å²) in [4.78, 5) is 15.6. The number of carbonyl (C=O) groups excluding carboxylic acids is 1. The van der Waals surface area contributed by atoms with E-state index in [1.54, 1.807) is 0 Å². The Morgan fingerprint density at radius 1 is 1.25 bits per heavy atom. The second-order valence-corrected chi connectivity index (χ2v) is 7.96. The molecule has 1 aromatic rings. The predicted molar refractivity (Wildman–Crippen MR) is 99.3 cm³/mol. The summed E-state index contributed by atoms with van der Waals surface area (Å²) >= 11 is 0. The van der Waals surface area contributed by atoms with Crippen LogP contribution in [0, 0.1) is 17.3 Å². The number of carbonyl (C=O) groups is 1. The molecule has 0 radical (unpaired) electrons. The molecule has 3 fully saturated rings. The molecule has 1 heterocycles. The molecule has 2 saturated carbocycles. The van der Waals surface area contributed by atoms with Crippen molar-refractivity contribution in [3.05, 3.63) is 35.9 Å². The SMILES string of the molecule is CN(C(=O)C1(Cc2ccccc2)CC2CCC1C2)C1CCNC1.Cl. The van der Waals surface area contributed by atoms with Gasteiger partial charge in [-0.1, -0.05) is 36.8 Å². The number of amides is 1. The van der Waals surface area contributed by atoms with Crippen molar-refractivity contribution >= 4 is 18.3 Å². The van der Waals surface area contributed by atoms with E-state index in [0.29, 0.717) is 17.9 Å². The van der Waals surface area contributed by atoms with Crippen molar-refractivity contribution in [3.8, 4) is 0 Å². The third kappa shape index (κ3) is 2.97. The van der Waals surface area contributed by atoms with Gasteiger partial charge in [0.25, 0.3) is 0 Å². The van der Waals surface area contributed by atoms with Gasteiger partial charge in [0.15, 0.2) is 0 Å². The normalized spacial score (nSPS) is 34.1. The standard InChI is InChI=1S/C20H28N2O.ClH/c1-22(18-9-10-21-14-18)19(23)20(12-15-5-3-2-4-6-15)13-16-7-8-17(20)11-16;/h2-6,16-18,21H,7-14H2,1H3;1H. The van der Waals surface area contributed by atoms with Crippen LogP contribution < -0.4 is 5.32 Å². The summed E-state index contributed by atoms with van der Waals surface area (Å²) in [6, 6.07) is 11.0. The fourth-order valence-corrected chi connectivity index (χ4v) is 5.45. The van der Waals surface area contributed by atoms with Crippen LogP contribution >= 0.6 is 12.4 Å². The van der Waals surface area contributed by atoms with Crippen LogP contribution in [0.3, 0.4) is 0 Å². The fraction of sp³-hybridized carbons (Fsp3) is 0.650. The summed E-state index contributed by atoms with van der Waals surface area (Å²) < 4.78 is 0. The first kappa shape index (κ1) is 17.8. The molecule has 1 aliphatic heterocycles. The van der Waals surface area contributed by atoms with E-state index in [-0.39, 0.29) is 17.8 Å². The van der Waals surface area contributed by atoms with Gasteiger partial charge in [0.1, 0.15) is 0 Å². The molecule has 1 N–H and O–H groups in total. The van der Waals surface area contributed by atoms with Crippen LogP contribution in [0.4, 0.5) is 0 Å². The minimum atomic E-state index is -0.137. The van der Waals surface area contributed by atoms with Crippen LogP contribution in [0.1, 0.15) is 37.7 Å². The van der Waals surface area contributed by atoms with E-state index in [0.717, 1.165) is 38.3 Å². The molecular weight excluding hydrogens is 320 g/mol. The van der Waals surface area contributed by atoms with E-state index in [2.05, 4.69) is 40.5 Å². The number of fused-ring (bicyclic) bond motifs is 2. The molecule has 132 valence electrons. The number of halogens is 1. The zero-order valence-corrected chi connectivity index (χ0v) is 15.4. The van der Waals surface area contributed by atoms with Crippen molar-refractivity contribution in [3.63, 3.8) is 0 Å². The first-order valence-electron chi connectivity index (χ1n) is 9.21. The van der Waals surface area contributed by atoms with E-state index in [4.69, 9.17) is 0 Å². The minimum Gasteiger partial charge on any atom is -0.341 e.